The molecule has 0 fully saturated rings. The highest BCUT2D eigenvalue weighted by atomic mass is 32.2. The van der Waals surface area contributed by atoms with E-state index in [9.17, 15) is 13.2 Å². The second kappa shape index (κ2) is 6.43. The molecule has 7 nitrogen and oxygen atoms in total. The van der Waals surface area contributed by atoms with Gasteiger partial charge in [0, 0.05) is 37.3 Å². The Bertz CT molecular complexity index is 1170. The minimum atomic E-state index is -3.61. The molecule has 1 aliphatic heterocycles. The normalized spacial score (nSPS) is 15.1. The van der Waals surface area contributed by atoms with Crippen molar-refractivity contribution in [3.63, 3.8) is 0 Å². The second-order valence-corrected chi connectivity index (χ2v) is 9.93. The van der Waals surface area contributed by atoms with Gasteiger partial charge in [0.1, 0.15) is 9.97 Å². The molecule has 0 aromatic carbocycles. The third-order valence-corrected chi connectivity index (χ3v) is 8.26. The quantitative estimate of drug-likeness (QED) is 0.668. The van der Waals surface area contributed by atoms with Gasteiger partial charge in [-0.25, -0.2) is 8.42 Å². The van der Waals surface area contributed by atoms with Crippen LogP contribution in [0.4, 0.5) is 0 Å². The zero-order chi connectivity index (χ0) is 19.3. The Morgan fingerprint density at radius 1 is 1.22 bits per heavy atom. The van der Waals surface area contributed by atoms with Gasteiger partial charge in [-0.05, 0) is 43.5 Å². The summed E-state index contributed by atoms with van der Waals surface area (Å²) in [5.74, 6) is 0.672. The van der Waals surface area contributed by atoms with E-state index in [2.05, 4.69) is 5.16 Å². The van der Waals surface area contributed by atoms with E-state index < -0.39 is 10.0 Å². The molecule has 9 heteroatoms. The molecule has 142 valence electrons. The lowest BCUT2D eigenvalue weighted by molar-refractivity contribution is 0.390. The molecule has 3 aromatic heterocycles. The number of pyridine rings is 1. The fraction of sp³-hybridized carbons (Fsp3) is 0.333. The lowest BCUT2D eigenvalue weighted by Gasteiger charge is -2.27. The Kier molecular flexibility index (Phi) is 4.32. The number of thiophene rings is 1. The van der Waals surface area contributed by atoms with Crippen LogP contribution in [0.1, 0.15) is 22.6 Å². The number of hydrogen-bond acceptors (Lipinski definition) is 6. The predicted octanol–water partition coefficient (Wildman–Crippen LogP) is 2.47. The van der Waals surface area contributed by atoms with Gasteiger partial charge in [0.25, 0.3) is 15.6 Å². The van der Waals surface area contributed by atoms with E-state index in [1.807, 2.05) is 13.8 Å². The topological polar surface area (TPSA) is 85.4 Å². The van der Waals surface area contributed by atoms with Crippen LogP contribution in [-0.4, -0.2) is 29.0 Å². The van der Waals surface area contributed by atoms with Crippen molar-refractivity contribution in [2.24, 2.45) is 7.05 Å². The Morgan fingerprint density at radius 3 is 2.70 bits per heavy atom. The smallest absolute Gasteiger partial charge is 0.252 e. The van der Waals surface area contributed by atoms with E-state index >= 15 is 0 Å². The maximum atomic E-state index is 13.1. The molecule has 3 aromatic rings. The average molecular weight is 406 g/mol. The van der Waals surface area contributed by atoms with Gasteiger partial charge in [0.15, 0.2) is 0 Å². The van der Waals surface area contributed by atoms with Crippen molar-refractivity contribution >= 4 is 21.4 Å². The average Bonchev–Trinajstić information content (AvgIpc) is 3.22. The molecule has 4 heterocycles. The summed E-state index contributed by atoms with van der Waals surface area (Å²) in [5.41, 5.74) is 3.31. The van der Waals surface area contributed by atoms with E-state index in [1.54, 1.807) is 31.4 Å². The number of nitrogens with zero attached hydrogens (tertiary/aromatic N) is 3. The molecule has 1 aliphatic rings. The van der Waals surface area contributed by atoms with Crippen LogP contribution in [0.25, 0.3) is 10.4 Å². The van der Waals surface area contributed by atoms with Crippen molar-refractivity contribution < 1.29 is 12.9 Å². The highest BCUT2D eigenvalue weighted by Gasteiger charge is 2.30. The van der Waals surface area contributed by atoms with Crippen LogP contribution in [0.3, 0.4) is 0 Å². The van der Waals surface area contributed by atoms with Crippen molar-refractivity contribution in [3.05, 3.63) is 57.3 Å². The molecule has 0 aliphatic carbocycles. The molecule has 4 rings (SSSR count). The molecule has 27 heavy (non-hydrogen) atoms. The molecule has 0 spiro atoms. The second-order valence-electron chi connectivity index (χ2n) is 6.68. The molecule has 0 amide bonds. The van der Waals surface area contributed by atoms with Crippen molar-refractivity contribution in [1.29, 1.82) is 0 Å². The van der Waals surface area contributed by atoms with Crippen LogP contribution in [-0.2, 0) is 30.0 Å². The minimum absolute atomic E-state index is 0.0765. The van der Waals surface area contributed by atoms with Crippen molar-refractivity contribution in [2.45, 2.75) is 31.0 Å². The van der Waals surface area contributed by atoms with Crippen LogP contribution in [0.15, 0.2) is 37.9 Å². The number of aryl methyl sites for hydroxylation is 3. The molecule has 0 saturated carbocycles. The maximum absolute atomic E-state index is 13.1. The van der Waals surface area contributed by atoms with Crippen LogP contribution in [0.2, 0.25) is 0 Å². The largest absolute Gasteiger partial charge is 0.361 e. The summed E-state index contributed by atoms with van der Waals surface area (Å²) in [6.07, 6.45) is 2.26. The Labute approximate surface area is 160 Å². The summed E-state index contributed by atoms with van der Waals surface area (Å²) in [5, 5.41) is 3.94. The highest BCUT2D eigenvalue weighted by molar-refractivity contribution is 7.91. The summed E-state index contributed by atoms with van der Waals surface area (Å²) in [7, 11) is -1.94. The predicted molar refractivity (Wildman–Crippen MR) is 102 cm³/mol. The van der Waals surface area contributed by atoms with Crippen molar-refractivity contribution in [2.75, 3.05) is 6.54 Å². The fourth-order valence-electron chi connectivity index (χ4n) is 3.37. The number of hydrogen-bond donors (Lipinski definition) is 0. The summed E-state index contributed by atoms with van der Waals surface area (Å²) in [6.45, 7) is 4.28. The molecule has 0 radical (unpaired) electrons. The van der Waals surface area contributed by atoms with E-state index in [-0.39, 0.29) is 12.1 Å². The first-order valence-corrected chi connectivity index (χ1v) is 10.7. The SMILES string of the molecule is Cc1noc(C)c1-c1ccc(S(=O)(=O)N2CCc3cc(=O)n(C)cc3C2)s1. The number of aromatic nitrogens is 2. The highest BCUT2D eigenvalue weighted by Crippen LogP contribution is 2.36. The van der Waals surface area contributed by atoms with Gasteiger partial charge in [0.2, 0.25) is 0 Å². The Hall–Kier alpha value is -2.23. The lowest BCUT2D eigenvalue weighted by Crippen LogP contribution is -2.36. The molecule has 0 unspecified atom stereocenters. The van der Waals surface area contributed by atoms with Crippen LogP contribution in [0, 0.1) is 13.8 Å². The monoisotopic (exact) mass is 405 g/mol. The van der Waals surface area contributed by atoms with Crippen LogP contribution in [0.5, 0.6) is 0 Å². The minimum Gasteiger partial charge on any atom is -0.361 e. The first-order valence-electron chi connectivity index (χ1n) is 8.49. The fourth-order valence-corrected chi connectivity index (χ4v) is 6.40. The summed E-state index contributed by atoms with van der Waals surface area (Å²) >= 11 is 1.22. The first-order chi connectivity index (χ1) is 12.8. The molecular weight excluding hydrogens is 386 g/mol. The molecule has 0 saturated heterocycles. The molecule has 0 N–H and O–H groups in total. The Balaban J connectivity index is 1.67. The van der Waals surface area contributed by atoms with Gasteiger partial charge in [-0.2, -0.15) is 4.31 Å². The van der Waals surface area contributed by atoms with Crippen LogP contribution < -0.4 is 5.56 Å². The van der Waals surface area contributed by atoms with E-state index in [0.717, 1.165) is 27.3 Å². The lowest BCUT2D eigenvalue weighted by atomic mass is 10.0. The van der Waals surface area contributed by atoms with Gasteiger partial charge < -0.3 is 9.09 Å². The third kappa shape index (κ3) is 3.05. The van der Waals surface area contributed by atoms with E-state index in [0.29, 0.717) is 22.9 Å². The zero-order valence-electron chi connectivity index (χ0n) is 15.2. The molecule has 0 bridgehead atoms. The van der Waals surface area contributed by atoms with Crippen LogP contribution >= 0.6 is 11.3 Å². The summed E-state index contributed by atoms with van der Waals surface area (Å²) < 4.78 is 34.7. The third-order valence-electron chi connectivity index (χ3n) is 4.84. The summed E-state index contributed by atoms with van der Waals surface area (Å²) in [4.78, 5) is 12.6. The maximum Gasteiger partial charge on any atom is 0.252 e. The van der Waals surface area contributed by atoms with E-state index in [4.69, 9.17) is 4.52 Å². The van der Waals surface area contributed by atoms with Gasteiger partial charge in [-0.15, -0.1) is 11.3 Å². The van der Waals surface area contributed by atoms with Gasteiger partial charge in [0.05, 0.1) is 11.3 Å². The standard InChI is InChI=1S/C18H19N3O4S2/c1-11-18(12(2)25-19-11)15-4-5-17(26-15)27(23,24)21-7-6-13-8-16(22)20(3)9-14(13)10-21/h4-5,8-9H,6-7,10H2,1-3H3. The number of rotatable bonds is 3. The number of fused-ring (bicyclic) bond motifs is 1. The van der Waals surface area contributed by atoms with Gasteiger partial charge in [-0.1, -0.05) is 5.16 Å². The van der Waals surface area contributed by atoms with Crippen molar-refractivity contribution in [3.8, 4) is 10.4 Å². The summed E-state index contributed by atoms with van der Waals surface area (Å²) in [6, 6.07) is 5.03. The van der Waals surface area contributed by atoms with Crippen molar-refractivity contribution in [1.82, 2.24) is 14.0 Å². The van der Waals surface area contributed by atoms with Gasteiger partial charge >= 0.3 is 0 Å². The van der Waals surface area contributed by atoms with E-state index in [1.165, 1.54) is 20.2 Å². The molecular formula is C18H19N3O4S2. The van der Waals surface area contributed by atoms with Gasteiger partial charge in [-0.3, -0.25) is 4.79 Å². The number of sulfonamides is 1. The zero-order valence-corrected chi connectivity index (χ0v) is 16.9. The molecule has 0 atom stereocenters. The first kappa shape index (κ1) is 18.1. The Morgan fingerprint density at radius 2 is 2.00 bits per heavy atom.